The third-order valence-electron chi connectivity index (χ3n) is 8.46. The van der Waals surface area contributed by atoms with Gasteiger partial charge in [0.2, 0.25) is 0 Å². The predicted molar refractivity (Wildman–Crippen MR) is 139 cm³/mol. The van der Waals surface area contributed by atoms with Gasteiger partial charge in [-0.1, -0.05) is 45.4 Å². The van der Waals surface area contributed by atoms with Gasteiger partial charge < -0.3 is 4.98 Å². The molecule has 3 aromatic rings. The summed E-state index contributed by atoms with van der Waals surface area (Å²) >= 11 is 0. The van der Waals surface area contributed by atoms with Crippen molar-refractivity contribution in [3.05, 3.63) is 51.1 Å². The number of aromatic amines is 1. The molecule has 0 saturated heterocycles. The zero-order valence-electron chi connectivity index (χ0n) is 21.6. The van der Waals surface area contributed by atoms with Crippen LogP contribution in [0.5, 0.6) is 0 Å². The van der Waals surface area contributed by atoms with Gasteiger partial charge in [0.05, 0.1) is 12.1 Å². The third kappa shape index (κ3) is 5.06. The number of pyridine rings is 1. The fraction of sp³-hybridized carbons (Fsp3) is 0.643. The van der Waals surface area contributed by atoms with Crippen LogP contribution in [0.3, 0.4) is 0 Å². The van der Waals surface area contributed by atoms with E-state index in [4.69, 9.17) is 0 Å². The van der Waals surface area contributed by atoms with Crippen LogP contribution in [0.4, 0.5) is 0 Å². The van der Waals surface area contributed by atoms with Crippen LogP contribution in [0.1, 0.15) is 112 Å². The van der Waals surface area contributed by atoms with Crippen LogP contribution in [0, 0.1) is 13.8 Å². The topological polar surface area (TPSA) is 79.7 Å². The quantitative estimate of drug-likeness (QED) is 0.458. The summed E-state index contributed by atoms with van der Waals surface area (Å²) < 4.78 is 2.12. The Kier molecular flexibility index (Phi) is 7.32. The third-order valence-corrected chi connectivity index (χ3v) is 8.46. The zero-order valence-corrected chi connectivity index (χ0v) is 21.6. The molecule has 2 aliphatic carbocycles. The highest BCUT2D eigenvalue weighted by molar-refractivity contribution is 5.80. The Balaban J connectivity index is 1.52. The van der Waals surface area contributed by atoms with Gasteiger partial charge in [-0.15, -0.1) is 5.10 Å². The number of benzene rings is 1. The Morgan fingerprint density at radius 2 is 1.69 bits per heavy atom. The molecule has 1 atom stereocenters. The minimum absolute atomic E-state index is 0.0169. The summed E-state index contributed by atoms with van der Waals surface area (Å²) in [6.07, 6.45) is 13.2. The molecule has 188 valence electrons. The van der Waals surface area contributed by atoms with Gasteiger partial charge in [0.25, 0.3) is 5.56 Å². The molecule has 1 aromatic carbocycles. The van der Waals surface area contributed by atoms with E-state index >= 15 is 0 Å². The average Bonchev–Trinajstić information content (AvgIpc) is 3.36. The Bertz CT molecular complexity index is 1200. The van der Waals surface area contributed by atoms with Gasteiger partial charge in [-0.3, -0.25) is 9.69 Å². The molecule has 0 amide bonds. The fourth-order valence-corrected chi connectivity index (χ4v) is 6.31. The Morgan fingerprint density at radius 3 is 2.40 bits per heavy atom. The van der Waals surface area contributed by atoms with E-state index in [1.54, 1.807) is 0 Å². The number of fused-ring (bicyclic) bond motifs is 1. The minimum Gasteiger partial charge on any atom is -0.322 e. The molecule has 0 aliphatic heterocycles. The van der Waals surface area contributed by atoms with Crippen LogP contribution in [-0.4, -0.2) is 36.1 Å². The van der Waals surface area contributed by atoms with Gasteiger partial charge in [0, 0.05) is 23.7 Å². The van der Waals surface area contributed by atoms with Crippen LogP contribution in [-0.2, 0) is 6.54 Å². The molecule has 0 spiro atoms. The Labute approximate surface area is 208 Å². The van der Waals surface area contributed by atoms with Gasteiger partial charge in [-0.05, 0) is 91.1 Å². The number of H-pyrrole nitrogens is 1. The molecule has 5 rings (SSSR count). The molecule has 2 aliphatic rings. The van der Waals surface area contributed by atoms with Crippen molar-refractivity contribution in [2.24, 2.45) is 0 Å². The molecule has 35 heavy (non-hydrogen) atoms. The molecule has 0 bridgehead atoms. The number of rotatable bonds is 7. The molecular formula is C28H40N6O. The standard InChI is InChI=1S/C28H40N6O/c1-4-26(27-30-31-32-34(27)24-13-9-6-10-14-24)33(23-11-7-5-8-12-23)18-22-17-21-15-19(2)20(3)16-25(21)29-28(22)35/h15-17,23-24,26H,4-14,18H2,1-3H3,(H,29,35)/t26-/m0/s1. The fourth-order valence-electron chi connectivity index (χ4n) is 6.31. The Hall–Kier alpha value is -2.54. The lowest BCUT2D eigenvalue weighted by Gasteiger charge is -2.39. The van der Waals surface area contributed by atoms with Crippen LogP contribution in [0.25, 0.3) is 10.9 Å². The zero-order chi connectivity index (χ0) is 24.4. The summed E-state index contributed by atoms with van der Waals surface area (Å²) in [4.78, 5) is 19.0. The van der Waals surface area contributed by atoms with E-state index in [0.717, 1.165) is 41.6 Å². The van der Waals surface area contributed by atoms with Gasteiger partial charge in [-0.2, -0.15) is 0 Å². The molecule has 2 aromatic heterocycles. The van der Waals surface area contributed by atoms with E-state index < -0.39 is 0 Å². The SMILES string of the molecule is CC[C@@H](c1nnnn1C1CCCCC1)N(Cc1cc2cc(C)c(C)cc2[nH]c1=O)C1CCCCC1. The van der Waals surface area contributed by atoms with E-state index in [1.807, 2.05) is 0 Å². The summed E-state index contributed by atoms with van der Waals surface area (Å²) in [6, 6.07) is 7.32. The van der Waals surface area contributed by atoms with Crippen molar-refractivity contribution in [2.75, 3.05) is 0 Å². The summed E-state index contributed by atoms with van der Waals surface area (Å²) in [6.45, 7) is 7.08. The summed E-state index contributed by atoms with van der Waals surface area (Å²) in [5.41, 5.74) is 4.21. The molecule has 2 heterocycles. The van der Waals surface area contributed by atoms with Crippen molar-refractivity contribution in [2.45, 2.75) is 116 Å². The van der Waals surface area contributed by atoms with Crippen LogP contribution < -0.4 is 5.56 Å². The second kappa shape index (κ2) is 10.6. The molecule has 2 saturated carbocycles. The van der Waals surface area contributed by atoms with Gasteiger partial charge in [0.1, 0.15) is 0 Å². The molecular weight excluding hydrogens is 436 g/mol. The van der Waals surface area contributed by atoms with Crippen molar-refractivity contribution in [1.82, 2.24) is 30.1 Å². The van der Waals surface area contributed by atoms with E-state index in [1.165, 1.54) is 62.5 Å². The molecule has 7 nitrogen and oxygen atoms in total. The second-order valence-electron chi connectivity index (χ2n) is 10.8. The van der Waals surface area contributed by atoms with E-state index in [0.29, 0.717) is 18.6 Å². The minimum atomic E-state index is 0.0169. The lowest BCUT2D eigenvalue weighted by molar-refractivity contribution is 0.0821. The lowest BCUT2D eigenvalue weighted by atomic mass is 9.91. The first kappa shape index (κ1) is 24.2. The van der Waals surface area contributed by atoms with Crippen LogP contribution >= 0.6 is 0 Å². The van der Waals surface area contributed by atoms with E-state index in [9.17, 15) is 4.79 Å². The molecule has 1 N–H and O–H groups in total. The van der Waals surface area contributed by atoms with E-state index in [2.05, 4.69) is 69.1 Å². The number of aryl methyl sites for hydroxylation is 2. The number of nitrogens with zero attached hydrogens (tertiary/aromatic N) is 5. The average molecular weight is 477 g/mol. The molecule has 0 radical (unpaired) electrons. The maximum absolute atomic E-state index is 13.2. The maximum Gasteiger partial charge on any atom is 0.252 e. The van der Waals surface area contributed by atoms with Crippen molar-refractivity contribution < 1.29 is 0 Å². The highest BCUT2D eigenvalue weighted by atomic mass is 16.1. The molecule has 2 fully saturated rings. The molecule has 7 heteroatoms. The van der Waals surface area contributed by atoms with Gasteiger partial charge in [0.15, 0.2) is 5.82 Å². The first-order valence-electron chi connectivity index (χ1n) is 13.7. The summed E-state index contributed by atoms with van der Waals surface area (Å²) in [5, 5.41) is 14.3. The van der Waals surface area contributed by atoms with Gasteiger partial charge >= 0.3 is 0 Å². The monoisotopic (exact) mass is 476 g/mol. The number of hydrogen-bond donors (Lipinski definition) is 1. The van der Waals surface area contributed by atoms with Crippen LogP contribution in [0.2, 0.25) is 0 Å². The highest BCUT2D eigenvalue weighted by Gasteiger charge is 2.33. The number of aromatic nitrogens is 5. The highest BCUT2D eigenvalue weighted by Crippen LogP contribution is 2.35. The smallest absolute Gasteiger partial charge is 0.252 e. The first-order chi connectivity index (χ1) is 17.0. The lowest BCUT2D eigenvalue weighted by Crippen LogP contribution is -2.41. The van der Waals surface area contributed by atoms with Gasteiger partial charge in [-0.25, -0.2) is 4.68 Å². The summed E-state index contributed by atoms with van der Waals surface area (Å²) in [7, 11) is 0. The van der Waals surface area contributed by atoms with Crippen LogP contribution in [0.15, 0.2) is 23.0 Å². The predicted octanol–water partition coefficient (Wildman–Crippen LogP) is 5.92. The molecule has 0 unspecified atom stereocenters. The van der Waals surface area contributed by atoms with Crippen molar-refractivity contribution in [1.29, 1.82) is 0 Å². The van der Waals surface area contributed by atoms with Crippen molar-refractivity contribution >= 4 is 10.9 Å². The second-order valence-corrected chi connectivity index (χ2v) is 10.8. The van der Waals surface area contributed by atoms with E-state index in [-0.39, 0.29) is 11.6 Å². The van der Waals surface area contributed by atoms with Crippen molar-refractivity contribution in [3.63, 3.8) is 0 Å². The number of tetrazole rings is 1. The first-order valence-corrected chi connectivity index (χ1v) is 13.7. The number of hydrogen-bond acceptors (Lipinski definition) is 5. The number of nitrogens with one attached hydrogen (secondary N) is 1. The Morgan fingerprint density at radius 1 is 1.00 bits per heavy atom. The normalized spacial score (nSPS) is 19.0. The largest absolute Gasteiger partial charge is 0.322 e. The van der Waals surface area contributed by atoms with Crippen molar-refractivity contribution in [3.8, 4) is 0 Å². The maximum atomic E-state index is 13.2. The summed E-state index contributed by atoms with van der Waals surface area (Å²) in [5.74, 6) is 0.980.